The number of hydrogen-bond acceptors (Lipinski definition) is 2. The van der Waals surface area contributed by atoms with Gasteiger partial charge in [0.1, 0.15) is 11.5 Å². The molecule has 142 valence electrons. The Kier molecular flexibility index (Phi) is 11.1. The van der Waals surface area contributed by atoms with Crippen molar-refractivity contribution in [3.05, 3.63) is 60.7 Å². The van der Waals surface area contributed by atoms with Crippen LogP contribution in [0.1, 0.15) is 64.2 Å². The molecular weight excluding hydrogens is 320 g/mol. The first-order valence-corrected chi connectivity index (χ1v) is 10.3. The van der Waals surface area contributed by atoms with Crippen LogP contribution in [-0.4, -0.2) is 13.2 Å². The standard InChI is InChI=1S/C24H34O2/c1(3-5-7-15-21-25-23-17-11-9-12-18-23)2-4-6-8-16-22-26-24-19-13-10-14-20-24/h9-14,17-20H,1-8,15-16,21-22H2. The fourth-order valence-electron chi connectivity index (χ4n) is 3.03. The minimum Gasteiger partial charge on any atom is -0.494 e. The predicted octanol–water partition coefficient (Wildman–Crippen LogP) is 7.05. The summed E-state index contributed by atoms with van der Waals surface area (Å²) < 4.78 is 11.4. The lowest BCUT2D eigenvalue weighted by atomic mass is 10.1. The van der Waals surface area contributed by atoms with E-state index < -0.39 is 0 Å². The van der Waals surface area contributed by atoms with Crippen molar-refractivity contribution in [3.63, 3.8) is 0 Å². The van der Waals surface area contributed by atoms with E-state index >= 15 is 0 Å². The van der Waals surface area contributed by atoms with Crippen LogP contribution < -0.4 is 9.47 Å². The van der Waals surface area contributed by atoms with Crippen molar-refractivity contribution in [2.45, 2.75) is 64.2 Å². The average molecular weight is 355 g/mol. The zero-order chi connectivity index (χ0) is 18.1. The van der Waals surface area contributed by atoms with Gasteiger partial charge >= 0.3 is 0 Å². The summed E-state index contributed by atoms with van der Waals surface area (Å²) in [4.78, 5) is 0. The van der Waals surface area contributed by atoms with Gasteiger partial charge in [0.2, 0.25) is 0 Å². The zero-order valence-corrected chi connectivity index (χ0v) is 16.1. The molecule has 0 unspecified atom stereocenters. The summed E-state index contributed by atoms with van der Waals surface area (Å²) in [5, 5.41) is 0. The van der Waals surface area contributed by atoms with E-state index in [1.54, 1.807) is 0 Å². The second-order valence-corrected chi connectivity index (χ2v) is 6.86. The molecule has 0 heterocycles. The molecule has 0 aliphatic carbocycles. The van der Waals surface area contributed by atoms with Crippen LogP contribution in [0.4, 0.5) is 0 Å². The molecule has 0 saturated carbocycles. The molecule has 2 rings (SSSR count). The third kappa shape index (κ3) is 10.1. The maximum Gasteiger partial charge on any atom is 0.119 e. The van der Waals surface area contributed by atoms with Crippen LogP contribution in [0, 0.1) is 0 Å². The third-order valence-electron chi connectivity index (χ3n) is 4.56. The van der Waals surface area contributed by atoms with Crippen LogP contribution in [0.5, 0.6) is 11.5 Å². The molecule has 2 aromatic rings. The summed E-state index contributed by atoms with van der Waals surface area (Å²) in [6.45, 7) is 1.68. The van der Waals surface area contributed by atoms with E-state index in [0.717, 1.165) is 37.6 Å². The summed E-state index contributed by atoms with van der Waals surface area (Å²) in [6.07, 6.45) is 13.0. The number of para-hydroxylation sites is 2. The van der Waals surface area contributed by atoms with Crippen LogP contribution in [0.3, 0.4) is 0 Å². The zero-order valence-electron chi connectivity index (χ0n) is 16.1. The second kappa shape index (κ2) is 14.2. The smallest absolute Gasteiger partial charge is 0.119 e. The largest absolute Gasteiger partial charge is 0.494 e. The van der Waals surface area contributed by atoms with E-state index in [0.29, 0.717) is 0 Å². The van der Waals surface area contributed by atoms with Gasteiger partial charge < -0.3 is 9.47 Å². The maximum atomic E-state index is 5.72. The number of rotatable bonds is 15. The number of hydrogen-bond donors (Lipinski definition) is 0. The van der Waals surface area contributed by atoms with Crippen molar-refractivity contribution in [1.29, 1.82) is 0 Å². The van der Waals surface area contributed by atoms with E-state index in [-0.39, 0.29) is 0 Å². The molecular formula is C24H34O2. The lowest BCUT2D eigenvalue weighted by molar-refractivity contribution is 0.303. The van der Waals surface area contributed by atoms with Crippen LogP contribution >= 0.6 is 0 Å². The summed E-state index contributed by atoms with van der Waals surface area (Å²) in [6, 6.07) is 20.2. The Morgan fingerprint density at radius 2 is 0.692 bits per heavy atom. The predicted molar refractivity (Wildman–Crippen MR) is 110 cm³/mol. The second-order valence-electron chi connectivity index (χ2n) is 6.86. The van der Waals surface area contributed by atoms with Gasteiger partial charge in [-0.05, 0) is 37.1 Å². The summed E-state index contributed by atoms with van der Waals surface area (Å²) in [7, 11) is 0. The first kappa shape index (κ1) is 20.4. The molecule has 2 heteroatoms. The lowest BCUT2D eigenvalue weighted by Gasteiger charge is -2.06. The lowest BCUT2D eigenvalue weighted by Crippen LogP contribution is -1.97. The van der Waals surface area contributed by atoms with Crippen LogP contribution in [0.15, 0.2) is 60.7 Å². The molecule has 0 spiro atoms. The topological polar surface area (TPSA) is 18.5 Å². The van der Waals surface area contributed by atoms with Crippen molar-refractivity contribution >= 4 is 0 Å². The highest BCUT2D eigenvalue weighted by Gasteiger charge is 1.96. The van der Waals surface area contributed by atoms with E-state index in [1.165, 1.54) is 51.4 Å². The Hall–Kier alpha value is -1.96. The molecule has 0 saturated heterocycles. The quantitative estimate of drug-likeness (QED) is 0.319. The summed E-state index contributed by atoms with van der Waals surface area (Å²) in [5.41, 5.74) is 0. The first-order valence-electron chi connectivity index (χ1n) is 10.3. The highest BCUT2D eigenvalue weighted by Crippen LogP contribution is 2.13. The molecule has 0 aliphatic rings. The van der Waals surface area contributed by atoms with Gasteiger partial charge in [-0.15, -0.1) is 0 Å². The van der Waals surface area contributed by atoms with Gasteiger partial charge in [0.25, 0.3) is 0 Å². The Morgan fingerprint density at radius 3 is 1.04 bits per heavy atom. The Balaban J connectivity index is 1.28. The molecule has 0 amide bonds. The van der Waals surface area contributed by atoms with Gasteiger partial charge in [-0.1, -0.05) is 87.8 Å². The van der Waals surface area contributed by atoms with E-state index in [1.807, 2.05) is 60.7 Å². The SMILES string of the molecule is c1ccc(OCCCCCCCCCCCCOc2ccccc2)cc1. The molecule has 0 radical (unpaired) electrons. The summed E-state index contributed by atoms with van der Waals surface area (Å²) in [5.74, 6) is 1.98. The fourth-order valence-corrected chi connectivity index (χ4v) is 3.03. The highest BCUT2D eigenvalue weighted by atomic mass is 16.5. The molecule has 26 heavy (non-hydrogen) atoms. The van der Waals surface area contributed by atoms with E-state index in [2.05, 4.69) is 0 Å². The highest BCUT2D eigenvalue weighted by molar-refractivity contribution is 5.21. The molecule has 0 fully saturated rings. The first-order chi connectivity index (χ1) is 12.9. The van der Waals surface area contributed by atoms with Gasteiger partial charge in [0.05, 0.1) is 13.2 Å². The summed E-state index contributed by atoms with van der Waals surface area (Å²) >= 11 is 0. The molecule has 0 aromatic heterocycles. The van der Waals surface area contributed by atoms with Gasteiger partial charge in [-0.2, -0.15) is 0 Å². The van der Waals surface area contributed by atoms with Crippen LogP contribution in [0.25, 0.3) is 0 Å². The number of unbranched alkanes of at least 4 members (excludes halogenated alkanes) is 9. The third-order valence-corrected chi connectivity index (χ3v) is 4.56. The fraction of sp³-hybridized carbons (Fsp3) is 0.500. The Labute approximate surface area is 159 Å². The van der Waals surface area contributed by atoms with Crippen LogP contribution in [0.2, 0.25) is 0 Å². The Bertz CT molecular complexity index is 487. The van der Waals surface area contributed by atoms with Gasteiger partial charge in [-0.25, -0.2) is 0 Å². The maximum absolute atomic E-state index is 5.72. The monoisotopic (exact) mass is 354 g/mol. The van der Waals surface area contributed by atoms with Crippen molar-refractivity contribution in [2.24, 2.45) is 0 Å². The van der Waals surface area contributed by atoms with Crippen molar-refractivity contribution in [2.75, 3.05) is 13.2 Å². The van der Waals surface area contributed by atoms with Gasteiger partial charge in [0, 0.05) is 0 Å². The van der Waals surface area contributed by atoms with Gasteiger partial charge in [0.15, 0.2) is 0 Å². The van der Waals surface area contributed by atoms with Crippen molar-refractivity contribution in [1.82, 2.24) is 0 Å². The molecule has 0 atom stereocenters. The molecule has 2 nitrogen and oxygen atoms in total. The van der Waals surface area contributed by atoms with Crippen molar-refractivity contribution in [3.8, 4) is 11.5 Å². The average Bonchev–Trinajstić information content (AvgIpc) is 2.70. The molecule has 0 aliphatic heterocycles. The number of ether oxygens (including phenoxy) is 2. The molecule has 0 N–H and O–H groups in total. The van der Waals surface area contributed by atoms with Gasteiger partial charge in [-0.3, -0.25) is 0 Å². The van der Waals surface area contributed by atoms with Crippen molar-refractivity contribution < 1.29 is 9.47 Å². The van der Waals surface area contributed by atoms with E-state index in [9.17, 15) is 0 Å². The molecule has 2 aromatic carbocycles. The normalized spacial score (nSPS) is 10.6. The van der Waals surface area contributed by atoms with E-state index in [4.69, 9.17) is 9.47 Å². The Morgan fingerprint density at radius 1 is 0.385 bits per heavy atom. The number of benzene rings is 2. The van der Waals surface area contributed by atoms with Crippen LogP contribution in [-0.2, 0) is 0 Å². The minimum atomic E-state index is 0.842. The molecule has 0 bridgehead atoms. The minimum absolute atomic E-state index is 0.842.